The fraction of sp³-hybridized carbons (Fsp3) is 0.450. The Labute approximate surface area is 160 Å². The average Bonchev–Trinajstić information content (AvgIpc) is 2.57. The molecule has 0 bridgehead atoms. The highest BCUT2D eigenvalue weighted by molar-refractivity contribution is 5.99. The molecule has 1 rings (SSSR count). The van der Waals surface area contributed by atoms with E-state index in [4.69, 9.17) is 4.74 Å². The quantitative estimate of drug-likeness (QED) is 0.638. The van der Waals surface area contributed by atoms with Gasteiger partial charge in [0.2, 0.25) is 11.8 Å². The summed E-state index contributed by atoms with van der Waals surface area (Å²) in [7, 11) is 0. The van der Waals surface area contributed by atoms with Crippen molar-refractivity contribution in [2.75, 3.05) is 11.9 Å². The molecule has 0 radical (unpaired) electrons. The summed E-state index contributed by atoms with van der Waals surface area (Å²) < 4.78 is 5.06. The molecule has 0 aliphatic heterocycles. The second-order valence-electron chi connectivity index (χ2n) is 7.16. The molecule has 0 heterocycles. The van der Waals surface area contributed by atoms with E-state index in [9.17, 15) is 14.4 Å². The molecular weight excluding hydrogens is 346 g/mol. The summed E-state index contributed by atoms with van der Waals surface area (Å²) in [5.41, 5.74) is 1.95. The lowest BCUT2D eigenvalue weighted by Gasteiger charge is -2.19. The molecule has 0 aliphatic rings. The summed E-state index contributed by atoms with van der Waals surface area (Å²) in [5.74, 6) is -0.484. The van der Waals surface area contributed by atoms with Crippen molar-refractivity contribution >= 4 is 23.6 Å². The summed E-state index contributed by atoms with van der Waals surface area (Å²) in [5, 5.41) is 7.89. The monoisotopic (exact) mass is 375 g/mol. The third-order valence-electron chi connectivity index (χ3n) is 3.44. The zero-order chi connectivity index (χ0) is 20.4. The van der Waals surface area contributed by atoms with Crippen LogP contribution >= 0.6 is 0 Å². The first-order valence-corrected chi connectivity index (χ1v) is 8.89. The van der Waals surface area contributed by atoms with Gasteiger partial charge < -0.3 is 20.7 Å². The highest BCUT2D eigenvalue weighted by Gasteiger charge is 2.16. The van der Waals surface area contributed by atoms with Gasteiger partial charge in [0, 0.05) is 18.3 Å². The van der Waals surface area contributed by atoms with E-state index in [1.807, 2.05) is 26.0 Å². The Morgan fingerprint density at radius 1 is 1.07 bits per heavy atom. The largest absolute Gasteiger partial charge is 0.444 e. The maximum absolute atomic E-state index is 11.8. The van der Waals surface area contributed by atoms with Crippen molar-refractivity contribution in [1.29, 1.82) is 0 Å². The Balaban J connectivity index is 2.40. The molecule has 0 saturated heterocycles. The van der Waals surface area contributed by atoms with Crippen molar-refractivity contribution in [1.82, 2.24) is 10.6 Å². The standard InChI is InChI=1S/C20H29N3O4/c1-6-14(2)11-17(24)23-16-9-7-15(8-10-16)12-21-18(25)13-22-19(26)27-20(3,4)5/h7-11H,6,12-13H2,1-5H3,(H,21,25)(H,22,26)(H,23,24)/b14-11+. The number of rotatable bonds is 7. The van der Waals surface area contributed by atoms with Gasteiger partial charge >= 0.3 is 6.09 Å². The van der Waals surface area contributed by atoms with E-state index >= 15 is 0 Å². The molecule has 0 fully saturated rings. The molecule has 0 aromatic heterocycles. The van der Waals surface area contributed by atoms with Crippen LogP contribution in [0.3, 0.4) is 0 Å². The Kier molecular flexibility index (Phi) is 8.51. The Hall–Kier alpha value is -2.83. The van der Waals surface area contributed by atoms with E-state index in [1.165, 1.54) is 0 Å². The topological polar surface area (TPSA) is 96.5 Å². The molecule has 27 heavy (non-hydrogen) atoms. The fourth-order valence-electron chi connectivity index (χ4n) is 1.94. The van der Waals surface area contributed by atoms with Crippen molar-refractivity contribution in [3.8, 4) is 0 Å². The van der Waals surface area contributed by atoms with Gasteiger partial charge in [-0.3, -0.25) is 9.59 Å². The summed E-state index contributed by atoms with van der Waals surface area (Å²) in [6.45, 7) is 9.30. The summed E-state index contributed by atoms with van der Waals surface area (Å²) in [4.78, 5) is 35.1. The van der Waals surface area contributed by atoms with Crippen LogP contribution < -0.4 is 16.0 Å². The van der Waals surface area contributed by atoms with Gasteiger partial charge in [0.25, 0.3) is 0 Å². The van der Waals surface area contributed by atoms with E-state index in [1.54, 1.807) is 39.0 Å². The lowest BCUT2D eigenvalue weighted by Crippen LogP contribution is -2.39. The van der Waals surface area contributed by atoms with Crippen LogP contribution in [0.4, 0.5) is 10.5 Å². The molecule has 3 N–H and O–H groups in total. The first-order chi connectivity index (χ1) is 12.6. The van der Waals surface area contributed by atoms with Crippen molar-refractivity contribution < 1.29 is 19.1 Å². The predicted molar refractivity (Wildman–Crippen MR) is 105 cm³/mol. The van der Waals surface area contributed by atoms with Gasteiger partial charge in [-0.2, -0.15) is 0 Å². The molecule has 0 aliphatic carbocycles. The van der Waals surface area contributed by atoms with Crippen molar-refractivity contribution in [2.45, 2.75) is 53.2 Å². The predicted octanol–water partition coefficient (Wildman–Crippen LogP) is 3.12. The van der Waals surface area contributed by atoms with Crippen LogP contribution in [0.25, 0.3) is 0 Å². The van der Waals surface area contributed by atoms with Gasteiger partial charge in [-0.25, -0.2) is 4.79 Å². The first kappa shape index (κ1) is 22.2. The van der Waals surface area contributed by atoms with E-state index in [0.29, 0.717) is 12.2 Å². The zero-order valence-corrected chi connectivity index (χ0v) is 16.6. The third-order valence-corrected chi connectivity index (χ3v) is 3.44. The van der Waals surface area contributed by atoms with Crippen LogP contribution in [0.5, 0.6) is 0 Å². The van der Waals surface area contributed by atoms with Crippen LogP contribution in [0, 0.1) is 0 Å². The molecule has 7 heteroatoms. The number of hydrogen-bond donors (Lipinski definition) is 3. The van der Waals surface area contributed by atoms with E-state index in [-0.39, 0.29) is 18.4 Å². The molecule has 0 saturated carbocycles. The minimum Gasteiger partial charge on any atom is -0.444 e. The molecule has 1 aromatic rings. The van der Waals surface area contributed by atoms with E-state index in [0.717, 1.165) is 17.6 Å². The normalized spacial score (nSPS) is 11.5. The lowest BCUT2D eigenvalue weighted by molar-refractivity contribution is -0.120. The minimum absolute atomic E-state index is 0.161. The number of carbonyl (C=O) groups excluding carboxylic acids is 3. The molecule has 3 amide bonds. The smallest absolute Gasteiger partial charge is 0.408 e. The number of benzene rings is 1. The number of allylic oxidation sites excluding steroid dienone is 1. The van der Waals surface area contributed by atoms with Crippen molar-refractivity contribution in [3.05, 3.63) is 41.5 Å². The first-order valence-electron chi connectivity index (χ1n) is 8.89. The number of ether oxygens (including phenoxy) is 1. The van der Waals surface area contributed by atoms with Crippen LogP contribution in [-0.4, -0.2) is 30.1 Å². The van der Waals surface area contributed by atoms with Gasteiger partial charge in [-0.1, -0.05) is 24.6 Å². The fourth-order valence-corrected chi connectivity index (χ4v) is 1.94. The zero-order valence-electron chi connectivity index (χ0n) is 16.6. The van der Waals surface area contributed by atoms with Gasteiger partial charge in [0.05, 0.1) is 0 Å². The van der Waals surface area contributed by atoms with Gasteiger partial charge in [0.15, 0.2) is 0 Å². The average molecular weight is 375 g/mol. The van der Waals surface area contributed by atoms with E-state index in [2.05, 4.69) is 16.0 Å². The second-order valence-corrected chi connectivity index (χ2v) is 7.16. The molecule has 7 nitrogen and oxygen atoms in total. The molecule has 0 unspecified atom stereocenters. The molecule has 1 aromatic carbocycles. The SMILES string of the molecule is CC/C(C)=C/C(=O)Nc1ccc(CNC(=O)CNC(=O)OC(C)(C)C)cc1. The third kappa shape index (κ3) is 10.0. The number of hydrogen-bond acceptors (Lipinski definition) is 4. The molecule has 148 valence electrons. The van der Waals surface area contributed by atoms with Gasteiger partial charge in [-0.15, -0.1) is 0 Å². The van der Waals surface area contributed by atoms with Crippen LogP contribution in [0.15, 0.2) is 35.9 Å². The van der Waals surface area contributed by atoms with Crippen molar-refractivity contribution in [2.24, 2.45) is 0 Å². The lowest BCUT2D eigenvalue weighted by atomic mass is 10.2. The number of anilines is 1. The molecule has 0 atom stereocenters. The Morgan fingerprint density at radius 2 is 1.70 bits per heavy atom. The van der Waals surface area contributed by atoms with Crippen LogP contribution in [-0.2, 0) is 20.9 Å². The maximum atomic E-state index is 11.8. The van der Waals surface area contributed by atoms with Gasteiger partial charge in [-0.05, 0) is 51.8 Å². The van der Waals surface area contributed by atoms with Crippen LogP contribution in [0.2, 0.25) is 0 Å². The second kappa shape index (κ2) is 10.4. The number of alkyl carbamates (subject to hydrolysis) is 1. The van der Waals surface area contributed by atoms with E-state index < -0.39 is 11.7 Å². The van der Waals surface area contributed by atoms with Crippen LogP contribution in [0.1, 0.15) is 46.6 Å². The Bertz CT molecular complexity index is 688. The number of carbonyl (C=O) groups is 3. The number of nitrogens with one attached hydrogen (secondary N) is 3. The highest BCUT2D eigenvalue weighted by Crippen LogP contribution is 2.10. The van der Waals surface area contributed by atoms with Crippen molar-refractivity contribution in [3.63, 3.8) is 0 Å². The Morgan fingerprint density at radius 3 is 2.26 bits per heavy atom. The molecular formula is C20H29N3O4. The highest BCUT2D eigenvalue weighted by atomic mass is 16.6. The summed E-state index contributed by atoms with van der Waals surface area (Å²) >= 11 is 0. The number of amides is 3. The maximum Gasteiger partial charge on any atom is 0.408 e. The van der Waals surface area contributed by atoms with Gasteiger partial charge in [0.1, 0.15) is 12.1 Å². The minimum atomic E-state index is -0.634. The summed E-state index contributed by atoms with van der Waals surface area (Å²) in [6, 6.07) is 7.17. The summed E-state index contributed by atoms with van der Waals surface area (Å²) in [6.07, 6.45) is 1.77. The molecule has 0 spiro atoms.